The highest BCUT2D eigenvalue weighted by molar-refractivity contribution is 6.12. The van der Waals surface area contributed by atoms with Crippen LogP contribution in [0.5, 0.6) is 0 Å². The molecule has 56 heavy (non-hydrogen) atoms. The molecule has 0 aliphatic carbocycles. The summed E-state index contributed by atoms with van der Waals surface area (Å²) in [5, 5.41) is 4.42. The number of benzene rings is 8. The zero-order chi connectivity index (χ0) is 37.0. The Bertz CT molecular complexity index is 3200. The Balaban J connectivity index is 1.12. The quantitative estimate of drug-likeness (QED) is 0.172. The summed E-state index contributed by atoms with van der Waals surface area (Å²) in [5.41, 5.74) is 12.1. The van der Waals surface area contributed by atoms with Gasteiger partial charge in [-0.25, -0.2) is 15.0 Å². The van der Waals surface area contributed by atoms with E-state index >= 15 is 0 Å². The molecule has 0 saturated carbocycles. The normalized spacial score (nSPS) is 11.6. The number of fused-ring (bicyclic) bond motifs is 6. The molecule has 11 rings (SSSR count). The average Bonchev–Trinajstić information content (AvgIpc) is 3.82. The topological polar surface area (TPSA) is 56.7 Å². The zero-order valence-electron chi connectivity index (χ0n) is 30.2. The van der Waals surface area contributed by atoms with E-state index in [9.17, 15) is 0 Å². The van der Waals surface area contributed by atoms with Gasteiger partial charge in [0, 0.05) is 43.9 Å². The van der Waals surface area contributed by atoms with Crippen LogP contribution in [0.15, 0.2) is 199 Å². The van der Waals surface area contributed by atoms with Crippen LogP contribution >= 0.6 is 0 Å². The van der Waals surface area contributed by atoms with Crippen molar-refractivity contribution in [2.24, 2.45) is 0 Å². The van der Waals surface area contributed by atoms with Crippen LogP contribution in [-0.2, 0) is 0 Å². The van der Waals surface area contributed by atoms with Gasteiger partial charge < -0.3 is 8.98 Å². The number of rotatable bonds is 6. The Morgan fingerprint density at radius 2 is 0.875 bits per heavy atom. The molecule has 3 aromatic heterocycles. The van der Waals surface area contributed by atoms with Crippen molar-refractivity contribution in [2.75, 3.05) is 0 Å². The Hall–Kier alpha value is -7.63. The van der Waals surface area contributed by atoms with Gasteiger partial charge in [0.2, 0.25) is 0 Å². The van der Waals surface area contributed by atoms with E-state index in [0.29, 0.717) is 17.5 Å². The summed E-state index contributed by atoms with van der Waals surface area (Å²) in [5.74, 6) is 1.77. The molecule has 11 aromatic rings. The summed E-state index contributed by atoms with van der Waals surface area (Å²) < 4.78 is 8.85. The fourth-order valence-corrected chi connectivity index (χ4v) is 8.03. The maximum absolute atomic E-state index is 6.52. The minimum absolute atomic E-state index is 0.581. The molecule has 0 fully saturated rings. The first-order valence-corrected chi connectivity index (χ1v) is 18.8. The fraction of sp³-hybridized carbons (Fsp3) is 0. The van der Waals surface area contributed by atoms with Gasteiger partial charge in [0.15, 0.2) is 17.5 Å². The molecule has 5 nitrogen and oxygen atoms in total. The van der Waals surface area contributed by atoms with Crippen LogP contribution in [0, 0.1) is 0 Å². The van der Waals surface area contributed by atoms with Crippen LogP contribution < -0.4 is 0 Å². The molecule has 0 spiro atoms. The predicted molar refractivity (Wildman–Crippen MR) is 229 cm³/mol. The van der Waals surface area contributed by atoms with Crippen molar-refractivity contribution < 1.29 is 4.42 Å². The SMILES string of the molecule is c1ccc(-c2cccc(-c3nc(-c4cccc(-n5c6ccccc6c6ccccc65)c4)nc(-c4cccc5oc6cc(-c7ccccc7)ccc6c45)n3)c2)cc1. The van der Waals surface area contributed by atoms with E-state index in [1.54, 1.807) is 0 Å². The van der Waals surface area contributed by atoms with E-state index in [1.807, 2.05) is 24.3 Å². The number of hydrogen-bond donors (Lipinski definition) is 0. The van der Waals surface area contributed by atoms with Gasteiger partial charge in [0.25, 0.3) is 0 Å². The standard InChI is InChI=1S/C51H32N4O/c1-3-14-33(15-4-1)35-18-11-19-37(30-35)49-52-50(38-20-12-21-39(31-38)55-44-25-9-7-22-40(44)41-23-8-10-26-45(41)55)54-51(53-49)43-24-13-27-46-48(43)42-29-28-36(32-47(42)56-46)34-16-5-2-6-17-34/h1-32H. The highest BCUT2D eigenvalue weighted by Crippen LogP contribution is 2.39. The predicted octanol–water partition coefficient (Wildman–Crippen LogP) is 13.2. The van der Waals surface area contributed by atoms with Crippen LogP contribution in [0.1, 0.15) is 0 Å². The lowest BCUT2D eigenvalue weighted by Gasteiger charge is -2.12. The molecule has 0 amide bonds. The third-order valence-electron chi connectivity index (χ3n) is 10.7. The molecule has 0 saturated heterocycles. The highest BCUT2D eigenvalue weighted by Gasteiger charge is 2.19. The molecule has 8 aromatic carbocycles. The molecule has 262 valence electrons. The van der Waals surface area contributed by atoms with Crippen molar-refractivity contribution in [3.8, 4) is 62.1 Å². The van der Waals surface area contributed by atoms with Crippen LogP contribution in [0.4, 0.5) is 0 Å². The van der Waals surface area contributed by atoms with E-state index in [4.69, 9.17) is 19.4 Å². The Morgan fingerprint density at radius 1 is 0.339 bits per heavy atom. The number of hydrogen-bond acceptors (Lipinski definition) is 4. The van der Waals surface area contributed by atoms with Gasteiger partial charge in [-0.05, 0) is 70.8 Å². The van der Waals surface area contributed by atoms with E-state index in [2.05, 4.69) is 174 Å². The number of furan rings is 1. The summed E-state index contributed by atoms with van der Waals surface area (Å²) in [6.07, 6.45) is 0. The van der Waals surface area contributed by atoms with Gasteiger partial charge in [-0.15, -0.1) is 0 Å². The number of nitrogens with zero attached hydrogens (tertiary/aromatic N) is 4. The van der Waals surface area contributed by atoms with Crippen molar-refractivity contribution in [3.63, 3.8) is 0 Å². The smallest absolute Gasteiger partial charge is 0.164 e. The average molecular weight is 717 g/mol. The third-order valence-corrected chi connectivity index (χ3v) is 10.7. The summed E-state index contributed by atoms with van der Waals surface area (Å²) in [6.45, 7) is 0. The van der Waals surface area contributed by atoms with Crippen molar-refractivity contribution >= 4 is 43.7 Å². The third kappa shape index (κ3) is 5.37. The van der Waals surface area contributed by atoms with Gasteiger partial charge in [0.1, 0.15) is 11.2 Å². The van der Waals surface area contributed by atoms with Crippen LogP contribution in [0.3, 0.4) is 0 Å². The van der Waals surface area contributed by atoms with E-state index in [-0.39, 0.29) is 0 Å². The molecular formula is C51H32N4O. The maximum Gasteiger partial charge on any atom is 0.164 e. The lowest BCUT2D eigenvalue weighted by atomic mass is 10.0. The van der Waals surface area contributed by atoms with E-state index in [0.717, 1.165) is 77.6 Å². The number of aromatic nitrogens is 4. The molecule has 3 heterocycles. The molecule has 0 unspecified atom stereocenters. The lowest BCUT2D eigenvalue weighted by molar-refractivity contribution is 0.669. The fourth-order valence-electron chi connectivity index (χ4n) is 8.03. The lowest BCUT2D eigenvalue weighted by Crippen LogP contribution is -2.01. The molecule has 0 N–H and O–H groups in total. The van der Waals surface area contributed by atoms with Crippen LogP contribution in [-0.4, -0.2) is 19.5 Å². The molecule has 0 bridgehead atoms. The second-order valence-electron chi connectivity index (χ2n) is 14.0. The molecule has 0 aliphatic heterocycles. The maximum atomic E-state index is 6.52. The Labute approximate surface area is 322 Å². The van der Waals surface area contributed by atoms with Gasteiger partial charge in [0.05, 0.1) is 11.0 Å². The van der Waals surface area contributed by atoms with Crippen molar-refractivity contribution in [2.45, 2.75) is 0 Å². The molecule has 0 radical (unpaired) electrons. The van der Waals surface area contributed by atoms with Gasteiger partial charge in [-0.1, -0.05) is 146 Å². The minimum Gasteiger partial charge on any atom is -0.456 e. The molecule has 0 atom stereocenters. The van der Waals surface area contributed by atoms with E-state index < -0.39 is 0 Å². The highest BCUT2D eigenvalue weighted by atomic mass is 16.3. The monoisotopic (exact) mass is 716 g/mol. The van der Waals surface area contributed by atoms with Crippen molar-refractivity contribution in [3.05, 3.63) is 194 Å². The second-order valence-corrected chi connectivity index (χ2v) is 14.0. The first-order chi connectivity index (χ1) is 27.7. The first-order valence-electron chi connectivity index (χ1n) is 18.8. The largest absolute Gasteiger partial charge is 0.456 e. The summed E-state index contributed by atoms with van der Waals surface area (Å²) >= 11 is 0. The summed E-state index contributed by atoms with van der Waals surface area (Å²) in [7, 11) is 0. The van der Waals surface area contributed by atoms with Gasteiger partial charge >= 0.3 is 0 Å². The van der Waals surface area contributed by atoms with Crippen LogP contribution in [0.2, 0.25) is 0 Å². The molecular weight excluding hydrogens is 685 g/mol. The summed E-state index contributed by atoms with van der Waals surface area (Å²) in [4.78, 5) is 15.7. The minimum atomic E-state index is 0.581. The van der Waals surface area contributed by atoms with Gasteiger partial charge in [-0.3, -0.25) is 0 Å². The first kappa shape index (κ1) is 31.9. The van der Waals surface area contributed by atoms with Crippen molar-refractivity contribution in [1.82, 2.24) is 19.5 Å². The Kier molecular flexibility index (Phi) is 7.42. The van der Waals surface area contributed by atoms with Crippen LogP contribution in [0.25, 0.3) is 106 Å². The Morgan fingerprint density at radius 3 is 1.57 bits per heavy atom. The summed E-state index contributed by atoms with van der Waals surface area (Å²) in [6, 6.07) is 67.4. The second kappa shape index (κ2) is 13.0. The zero-order valence-corrected chi connectivity index (χ0v) is 30.2. The molecule has 5 heteroatoms. The van der Waals surface area contributed by atoms with Gasteiger partial charge in [-0.2, -0.15) is 0 Å². The van der Waals surface area contributed by atoms with E-state index in [1.165, 1.54) is 10.8 Å². The number of para-hydroxylation sites is 2. The molecule has 0 aliphatic rings. The van der Waals surface area contributed by atoms with Crippen molar-refractivity contribution in [1.29, 1.82) is 0 Å².